The van der Waals surface area contributed by atoms with Gasteiger partial charge in [0.15, 0.2) is 0 Å². The van der Waals surface area contributed by atoms with Gasteiger partial charge in [-0.15, -0.1) is 0 Å². The van der Waals surface area contributed by atoms with Crippen LogP contribution in [-0.2, 0) is 28.2 Å². The monoisotopic (exact) mass is 794 g/mol. The highest BCUT2D eigenvalue weighted by Crippen LogP contribution is 2.42. The smallest absolute Gasteiger partial charge is 0.350 e. The summed E-state index contributed by atoms with van der Waals surface area (Å²) in [6, 6.07) is 19.4. The Hall–Kier alpha value is -5.86. The predicted molar refractivity (Wildman–Crippen MR) is 216 cm³/mol. The minimum absolute atomic E-state index is 0.0755. The van der Waals surface area contributed by atoms with Gasteiger partial charge < -0.3 is 24.0 Å². The van der Waals surface area contributed by atoms with Gasteiger partial charge in [-0.25, -0.2) is 32.5 Å². The fourth-order valence-electron chi connectivity index (χ4n) is 7.83. The number of aromatic nitrogens is 6. The molecule has 0 saturated carbocycles. The van der Waals surface area contributed by atoms with E-state index < -0.39 is 29.0 Å². The molecule has 2 aliphatic rings. The maximum absolute atomic E-state index is 15.1. The summed E-state index contributed by atoms with van der Waals surface area (Å²) in [4.78, 5) is 21.8. The van der Waals surface area contributed by atoms with Gasteiger partial charge in [0, 0.05) is 55.1 Å². The lowest BCUT2D eigenvalue weighted by Crippen LogP contribution is -2.46. The number of ether oxygens (including phenoxy) is 3. The van der Waals surface area contributed by atoms with Crippen LogP contribution in [0.2, 0.25) is 0 Å². The van der Waals surface area contributed by atoms with Gasteiger partial charge in [0.05, 0.1) is 49.7 Å². The minimum atomic E-state index is -1.07. The van der Waals surface area contributed by atoms with Gasteiger partial charge in [-0.3, -0.25) is 0 Å². The number of halogens is 2. The van der Waals surface area contributed by atoms with Crippen LogP contribution in [0.3, 0.4) is 0 Å². The lowest BCUT2D eigenvalue weighted by molar-refractivity contribution is -0.0206. The highest BCUT2D eigenvalue weighted by Gasteiger charge is 2.44. The van der Waals surface area contributed by atoms with Gasteiger partial charge in [-0.1, -0.05) is 43.3 Å². The van der Waals surface area contributed by atoms with E-state index in [2.05, 4.69) is 20.1 Å². The summed E-state index contributed by atoms with van der Waals surface area (Å²) in [5, 5.41) is 8.52. The fourth-order valence-corrected chi connectivity index (χ4v) is 7.83. The fraction of sp³-hybridized carbons (Fsp3) is 0.364. The number of hydrogen-bond donors (Lipinski definition) is 0. The Kier molecular flexibility index (Phi) is 10.2. The molecule has 4 aromatic carbocycles. The Morgan fingerprint density at radius 3 is 2.33 bits per heavy atom. The van der Waals surface area contributed by atoms with Crippen molar-refractivity contribution < 1.29 is 28.5 Å². The predicted octanol–water partition coefficient (Wildman–Crippen LogP) is 6.80. The Morgan fingerprint density at radius 1 is 0.914 bits per heavy atom. The standard InChI is InChI=1S/C44H48F2N8O4/c1-3-42(32(2)56-25-33-7-5-4-6-8-33)54-43(55)53(31-49-54)38-12-10-36(11-13-38)50-19-21-51(22-20-50)37-14-16-39(17-15-37)57-26-34-24-44(58-27-34,28-52-30-47-29-48-52)40-18-9-35(45)23-41(40)46/h4-18,23,29-32,34,42H,3,19-22,24-28H2,1-2H3/t32-,34+,42-,44-/m0/s1/i10D,11D,12D,13D. The van der Waals surface area contributed by atoms with E-state index >= 15 is 4.39 Å². The van der Waals surface area contributed by atoms with Crippen LogP contribution in [0.5, 0.6) is 5.75 Å². The summed E-state index contributed by atoms with van der Waals surface area (Å²) < 4.78 is 87.1. The van der Waals surface area contributed by atoms with Crippen molar-refractivity contribution in [2.75, 3.05) is 49.2 Å². The lowest BCUT2D eigenvalue weighted by atomic mass is 9.87. The average molecular weight is 795 g/mol. The molecule has 0 radical (unpaired) electrons. The van der Waals surface area contributed by atoms with Crippen molar-refractivity contribution in [1.29, 1.82) is 0 Å². The van der Waals surface area contributed by atoms with Crippen LogP contribution in [0.4, 0.5) is 20.2 Å². The molecule has 2 aliphatic heterocycles. The molecule has 6 aromatic rings. The van der Waals surface area contributed by atoms with Gasteiger partial charge in [-0.2, -0.15) is 10.2 Å². The third-order valence-corrected chi connectivity index (χ3v) is 11.0. The molecule has 8 rings (SSSR count). The van der Waals surface area contributed by atoms with Crippen LogP contribution < -0.4 is 20.2 Å². The van der Waals surface area contributed by atoms with Crippen molar-refractivity contribution in [3.63, 3.8) is 0 Å². The molecule has 58 heavy (non-hydrogen) atoms. The van der Waals surface area contributed by atoms with E-state index in [-0.39, 0.29) is 59.7 Å². The van der Waals surface area contributed by atoms with Crippen LogP contribution in [0.15, 0.2) is 121 Å². The number of nitrogens with zero attached hydrogens (tertiary/aromatic N) is 8. The van der Waals surface area contributed by atoms with Crippen molar-refractivity contribution in [2.24, 2.45) is 5.92 Å². The molecule has 4 heterocycles. The molecule has 2 fully saturated rings. The zero-order chi connectivity index (χ0) is 43.5. The largest absolute Gasteiger partial charge is 0.493 e. The molecule has 2 saturated heterocycles. The van der Waals surface area contributed by atoms with E-state index in [4.69, 9.17) is 19.7 Å². The number of hydrogen-bond acceptors (Lipinski definition) is 9. The van der Waals surface area contributed by atoms with Crippen LogP contribution >= 0.6 is 0 Å². The van der Waals surface area contributed by atoms with Crippen LogP contribution in [0.25, 0.3) is 5.69 Å². The van der Waals surface area contributed by atoms with E-state index in [1.54, 1.807) is 4.68 Å². The Morgan fingerprint density at radius 2 is 1.64 bits per heavy atom. The number of benzene rings is 4. The Bertz CT molecular complexity index is 2510. The molecular formula is C44H48F2N8O4. The molecule has 2 aromatic heterocycles. The minimum Gasteiger partial charge on any atom is -0.493 e. The normalized spacial score (nSPS) is 20.3. The maximum Gasteiger partial charge on any atom is 0.350 e. The third-order valence-electron chi connectivity index (χ3n) is 11.0. The first kappa shape index (κ1) is 34.2. The summed E-state index contributed by atoms with van der Waals surface area (Å²) >= 11 is 0. The Labute approximate surface area is 341 Å². The van der Waals surface area contributed by atoms with Crippen molar-refractivity contribution >= 4 is 11.4 Å². The second-order valence-corrected chi connectivity index (χ2v) is 14.8. The van der Waals surface area contributed by atoms with Crippen LogP contribution in [-0.4, -0.2) is 74.6 Å². The van der Waals surface area contributed by atoms with E-state index in [9.17, 15) is 9.18 Å². The molecule has 12 nitrogen and oxygen atoms in total. The first-order valence-corrected chi connectivity index (χ1v) is 19.5. The van der Waals surface area contributed by atoms with Gasteiger partial charge in [0.1, 0.15) is 42.0 Å². The molecule has 0 unspecified atom stereocenters. The van der Waals surface area contributed by atoms with Gasteiger partial charge >= 0.3 is 5.69 Å². The van der Waals surface area contributed by atoms with E-state index in [1.165, 1.54) is 35.8 Å². The quantitative estimate of drug-likeness (QED) is 0.111. The first-order chi connectivity index (χ1) is 30.0. The van der Waals surface area contributed by atoms with E-state index in [1.807, 2.05) is 73.3 Å². The second-order valence-electron chi connectivity index (χ2n) is 14.8. The highest BCUT2D eigenvalue weighted by atomic mass is 19.1. The zero-order valence-corrected chi connectivity index (χ0v) is 32.4. The summed E-state index contributed by atoms with van der Waals surface area (Å²) in [7, 11) is 0. The summed E-state index contributed by atoms with van der Waals surface area (Å²) in [5.41, 5.74) is 0.607. The molecule has 0 aliphatic carbocycles. The third kappa shape index (κ3) is 8.53. The molecular weight excluding hydrogens is 743 g/mol. The molecule has 14 heteroatoms. The summed E-state index contributed by atoms with van der Waals surface area (Å²) in [6.45, 7) is 7.01. The van der Waals surface area contributed by atoms with Gasteiger partial charge in [0.2, 0.25) is 0 Å². The molecule has 0 bridgehead atoms. The topological polar surface area (TPSA) is 105 Å². The summed E-state index contributed by atoms with van der Waals surface area (Å²) in [6.07, 6.45) is 4.77. The highest BCUT2D eigenvalue weighted by molar-refractivity contribution is 5.54. The first-order valence-electron chi connectivity index (χ1n) is 21.5. The van der Waals surface area contributed by atoms with Crippen molar-refractivity contribution in [3.8, 4) is 11.4 Å². The number of piperazine rings is 1. The molecule has 4 atom stereocenters. The van der Waals surface area contributed by atoms with Crippen molar-refractivity contribution in [1.82, 2.24) is 29.1 Å². The van der Waals surface area contributed by atoms with Crippen molar-refractivity contribution in [3.05, 3.63) is 149 Å². The molecule has 0 amide bonds. The SMILES string of the molecule is [2H]c1c([2H])c(-n2cnn([C@@H](CC)[C@H](C)OCc3ccccc3)c2=O)c([2H])c([2H])c1N1CCN(c2ccc(OC[C@@H]3CO[C@@](Cn4cncn4)(c4ccc(F)cc4F)C3)cc2)CC1. The van der Waals surface area contributed by atoms with Gasteiger partial charge in [0.25, 0.3) is 0 Å². The van der Waals surface area contributed by atoms with E-state index in [0.717, 1.165) is 21.9 Å². The molecule has 302 valence electrons. The maximum atomic E-state index is 15.1. The molecule has 0 spiro atoms. The van der Waals surface area contributed by atoms with Crippen LogP contribution in [0.1, 0.15) is 49.3 Å². The Balaban J connectivity index is 0.891. The van der Waals surface area contributed by atoms with Gasteiger partial charge in [-0.05, 0) is 79.8 Å². The second kappa shape index (κ2) is 17.3. The molecule has 0 N–H and O–H groups in total. The zero-order valence-electron chi connectivity index (χ0n) is 36.4. The van der Waals surface area contributed by atoms with E-state index in [0.29, 0.717) is 64.6 Å². The summed E-state index contributed by atoms with van der Waals surface area (Å²) in [5.74, 6) is -0.770. The lowest BCUT2D eigenvalue weighted by Gasteiger charge is -2.37. The average Bonchev–Trinajstić information content (AvgIpc) is 4.04. The number of anilines is 2. The van der Waals surface area contributed by atoms with Crippen molar-refractivity contribution in [2.45, 2.75) is 57.6 Å². The number of rotatable bonds is 15. The van der Waals surface area contributed by atoms with Crippen LogP contribution in [0, 0.1) is 17.6 Å².